The molecule has 0 radical (unpaired) electrons. The van der Waals surface area contributed by atoms with Crippen LogP contribution in [0.25, 0.3) is 0 Å². The maximum absolute atomic E-state index is 12.6. The standard InChI is InChI=1S/C20H25ClN2O5S/c1-3-5-9-28-19-17(21)11-15(12-18(19)27-4-2)20(24)23-13-14-7-6-8-16(10-14)29(22,25)26/h6-8,10-12H,3-5,9,13H2,1-2H3,(H,23,24)(H2,22,25,26). The lowest BCUT2D eigenvalue weighted by atomic mass is 10.1. The zero-order valence-electron chi connectivity index (χ0n) is 16.4. The quantitative estimate of drug-likeness (QED) is 0.550. The molecule has 2 rings (SSSR count). The molecule has 1 amide bonds. The van der Waals surface area contributed by atoms with Crippen molar-refractivity contribution in [2.45, 2.75) is 38.1 Å². The van der Waals surface area contributed by atoms with Gasteiger partial charge in [0.25, 0.3) is 5.91 Å². The number of carbonyl (C=O) groups is 1. The maximum Gasteiger partial charge on any atom is 0.251 e. The van der Waals surface area contributed by atoms with Crippen LogP contribution in [-0.2, 0) is 16.6 Å². The van der Waals surface area contributed by atoms with Gasteiger partial charge in [0.15, 0.2) is 11.5 Å². The fraction of sp³-hybridized carbons (Fsp3) is 0.350. The second-order valence-electron chi connectivity index (χ2n) is 6.30. The van der Waals surface area contributed by atoms with E-state index in [-0.39, 0.29) is 22.4 Å². The summed E-state index contributed by atoms with van der Waals surface area (Å²) in [5, 5.41) is 8.15. The molecule has 0 atom stereocenters. The molecular weight excluding hydrogens is 416 g/mol. The molecule has 0 unspecified atom stereocenters. The van der Waals surface area contributed by atoms with Gasteiger partial charge in [-0.05, 0) is 43.2 Å². The Morgan fingerprint density at radius 2 is 1.93 bits per heavy atom. The van der Waals surface area contributed by atoms with E-state index in [9.17, 15) is 13.2 Å². The molecule has 0 aromatic heterocycles. The molecule has 29 heavy (non-hydrogen) atoms. The number of nitrogens with one attached hydrogen (secondary N) is 1. The molecule has 0 heterocycles. The zero-order chi connectivity index (χ0) is 21.4. The van der Waals surface area contributed by atoms with Gasteiger partial charge in [0.2, 0.25) is 10.0 Å². The number of sulfonamides is 1. The first kappa shape index (κ1) is 23.0. The summed E-state index contributed by atoms with van der Waals surface area (Å²) in [7, 11) is -3.81. The lowest BCUT2D eigenvalue weighted by Gasteiger charge is -2.15. The molecule has 2 aromatic carbocycles. The number of hydrogen-bond donors (Lipinski definition) is 2. The number of benzene rings is 2. The number of unbranched alkanes of at least 4 members (excludes halogenated alkanes) is 1. The van der Waals surface area contributed by atoms with Crippen LogP contribution in [0.1, 0.15) is 42.6 Å². The minimum atomic E-state index is -3.81. The van der Waals surface area contributed by atoms with E-state index < -0.39 is 10.0 Å². The average Bonchev–Trinajstić information content (AvgIpc) is 2.67. The van der Waals surface area contributed by atoms with Crippen LogP contribution in [0.2, 0.25) is 5.02 Å². The third-order valence-electron chi connectivity index (χ3n) is 4.00. The highest BCUT2D eigenvalue weighted by Gasteiger charge is 2.16. The number of rotatable bonds is 10. The molecular formula is C20H25ClN2O5S. The molecule has 3 N–H and O–H groups in total. The number of ether oxygens (including phenoxy) is 2. The Hall–Kier alpha value is -2.29. The summed E-state index contributed by atoms with van der Waals surface area (Å²) < 4.78 is 34.2. The van der Waals surface area contributed by atoms with Crippen molar-refractivity contribution in [1.82, 2.24) is 5.32 Å². The van der Waals surface area contributed by atoms with Crippen molar-refractivity contribution < 1.29 is 22.7 Å². The third kappa shape index (κ3) is 6.62. The fourth-order valence-corrected chi connectivity index (χ4v) is 3.39. The Labute approximate surface area is 176 Å². The summed E-state index contributed by atoms with van der Waals surface area (Å²) in [6.07, 6.45) is 1.86. The molecule has 0 spiro atoms. The van der Waals surface area contributed by atoms with Crippen LogP contribution in [0.5, 0.6) is 11.5 Å². The van der Waals surface area contributed by atoms with Gasteiger partial charge in [0.05, 0.1) is 23.1 Å². The van der Waals surface area contributed by atoms with Crippen LogP contribution < -0.4 is 19.9 Å². The topological polar surface area (TPSA) is 108 Å². The fourth-order valence-electron chi connectivity index (χ4n) is 2.54. The van der Waals surface area contributed by atoms with Crippen molar-refractivity contribution in [1.29, 1.82) is 0 Å². The summed E-state index contributed by atoms with van der Waals surface area (Å²) in [6.45, 7) is 4.90. The first-order chi connectivity index (χ1) is 13.8. The van der Waals surface area contributed by atoms with Gasteiger partial charge in [0.1, 0.15) is 0 Å². The minimum Gasteiger partial charge on any atom is -0.490 e. The summed E-state index contributed by atoms with van der Waals surface area (Å²) in [6, 6.07) is 9.16. The Morgan fingerprint density at radius 1 is 1.17 bits per heavy atom. The van der Waals surface area contributed by atoms with Gasteiger partial charge in [-0.25, -0.2) is 13.6 Å². The predicted molar refractivity (Wildman–Crippen MR) is 112 cm³/mol. The van der Waals surface area contributed by atoms with Crippen molar-refractivity contribution in [2.75, 3.05) is 13.2 Å². The van der Waals surface area contributed by atoms with Gasteiger partial charge in [-0.3, -0.25) is 4.79 Å². The van der Waals surface area contributed by atoms with Gasteiger partial charge in [-0.1, -0.05) is 37.1 Å². The zero-order valence-corrected chi connectivity index (χ0v) is 18.0. The maximum atomic E-state index is 12.6. The molecule has 0 bridgehead atoms. The smallest absolute Gasteiger partial charge is 0.251 e. The molecule has 0 saturated heterocycles. The first-order valence-corrected chi connectivity index (χ1v) is 11.2. The number of hydrogen-bond acceptors (Lipinski definition) is 5. The van der Waals surface area contributed by atoms with E-state index in [1.807, 2.05) is 6.92 Å². The number of primary sulfonamides is 1. The second kappa shape index (κ2) is 10.5. The van der Waals surface area contributed by atoms with E-state index in [2.05, 4.69) is 12.2 Å². The van der Waals surface area contributed by atoms with Crippen molar-refractivity contribution in [3.8, 4) is 11.5 Å². The molecule has 0 fully saturated rings. The van der Waals surface area contributed by atoms with E-state index in [0.717, 1.165) is 12.8 Å². The van der Waals surface area contributed by atoms with Crippen molar-refractivity contribution in [3.05, 3.63) is 52.5 Å². The minimum absolute atomic E-state index is 0.0143. The van der Waals surface area contributed by atoms with E-state index in [1.165, 1.54) is 18.2 Å². The van der Waals surface area contributed by atoms with Crippen molar-refractivity contribution in [2.24, 2.45) is 5.14 Å². The Kier molecular flexibility index (Phi) is 8.31. The highest BCUT2D eigenvalue weighted by atomic mass is 35.5. The largest absolute Gasteiger partial charge is 0.490 e. The van der Waals surface area contributed by atoms with Crippen molar-refractivity contribution >= 4 is 27.5 Å². The second-order valence-corrected chi connectivity index (χ2v) is 8.26. The SMILES string of the molecule is CCCCOc1c(Cl)cc(C(=O)NCc2cccc(S(N)(=O)=O)c2)cc1OCC. The number of amides is 1. The molecule has 2 aromatic rings. The average molecular weight is 441 g/mol. The third-order valence-corrected chi connectivity index (χ3v) is 5.19. The van der Waals surface area contributed by atoms with E-state index in [1.54, 1.807) is 18.2 Å². The molecule has 0 aliphatic carbocycles. The number of nitrogens with two attached hydrogens (primary N) is 1. The molecule has 0 aliphatic heterocycles. The normalized spacial score (nSPS) is 11.2. The molecule has 0 aliphatic rings. The van der Waals surface area contributed by atoms with Crippen LogP contribution in [0.15, 0.2) is 41.3 Å². The summed E-state index contributed by atoms with van der Waals surface area (Å²) >= 11 is 6.32. The van der Waals surface area contributed by atoms with Crippen molar-refractivity contribution in [3.63, 3.8) is 0 Å². The Morgan fingerprint density at radius 3 is 2.59 bits per heavy atom. The van der Waals surface area contributed by atoms with Gasteiger partial charge < -0.3 is 14.8 Å². The molecule has 9 heteroatoms. The van der Waals surface area contributed by atoms with Gasteiger partial charge in [-0.15, -0.1) is 0 Å². The number of halogens is 1. The molecule has 7 nitrogen and oxygen atoms in total. The van der Waals surface area contributed by atoms with Gasteiger partial charge >= 0.3 is 0 Å². The lowest BCUT2D eigenvalue weighted by molar-refractivity contribution is 0.0950. The van der Waals surface area contributed by atoms with Crippen LogP contribution in [-0.4, -0.2) is 27.5 Å². The van der Waals surface area contributed by atoms with Crippen LogP contribution >= 0.6 is 11.6 Å². The van der Waals surface area contributed by atoms with Gasteiger partial charge in [0, 0.05) is 12.1 Å². The first-order valence-electron chi connectivity index (χ1n) is 9.25. The molecule has 158 valence electrons. The van der Waals surface area contributed by atoms with E-state index in [4.69, 9.17) is 26.2 Å². The van der Waals surface area contributed by atoms with Crippen LogP contribution in [0.4, 0.5) is 0 Å². The van der Waals surface area contributed by atoms with Crippen LogP contribution in [0.3, 0.4) is 0 Å². The highest BCUT2D eigenvalue weighted by Crippen LogP contribution is 2.37. The predicted octanol–water partition coefficient (Wildman–Crippen LogP) is 3.50. The van der Waals surface area contributed by atoms with E-state index in [0.29, 0.717) is 35.8 Å². The van der Waals surface area contributed by atoms with Crippen LogP contribution in [0, 0.1) is 0 Å². The van der Waals surface area contributed by atoms with E-state index >= 15 is 0 Å². The summed E-state index contributed by atoms with van der Waals surface area (Å²) in [5.41, 5.74) is 0.907. The Balaban J connectivity index is 2.16. The summed E-state index contributed by atoms with van der Waals surface area (Å²) in [4.78, 5) is 12.6. The molecule has 0 saturated carbocycles. The Bertz CT molecular complexity index is 963. The summed E-state index contributed by atoms with van der Waals surface area (Å²) in [5.74, 6) is 0.436. The van der Waals surface area contributed by atoms with Gasteiger partial charge in [-0.2, -0.15) is 0 Å². The monoisotopic (exact) mass is 440 g/mol. The highest BCUT2D eigenvalue weighted by molar-refractivity contribution is 7.89. The number of carbonyl (C=O) groups excluding carboxylic acids is 1. The lowest BCUT2D eigenvalue weighted by Crippen LogP contribution is -2.23.